The highest BCUT2D eigenvalue weighted by Crippen LogP contribution is 2.18. The molecule has 0 saturated carbocycles. The summed E-state index contributed by atoms with van der Waals surface area (Å²) in [5, 5.41) is 2.35. The standard InChI is InChI=1S/C21H17F2N3O2/c1-2-26(17-6-4-3-5-7-17)21(28)15-10-14(12-24-13-15)20(27)25-19-9-8-16(22)11-18(19)23/h3-13H,2H2,1H3,(H,25,27). The van der Waals surface area contributed by atoms with Crippen LogP contribution in [-0.2, 0) is 0 Å². The van der Waals surface area contributed by atoms with Crippen molar-refractivity contribution in [3.05, 3.63) is 89.8 Å². The average molecular weight is 381 g/mol. The van der Waals surface area contributed by atoms with Crippen LogP contribution in [0.25, 0.3) is 0 Å². The number of hydrogen-bond acceptors (Lipinski definition) is 3. The Balaban J connectivity index is 1.83. The van der Waals surface area contributed by atoms with E-state index in [2.05, 4.69) is 10.3 Å². The van der Waals surface area contributed by atoms with E-state index in [1.54, 1.807) is 4.90 Å². The third-order valence-corrected chi connectivity index (χ3v) is 4.06. The van der Waals surface area contributed by atoms with Gasteiger partial charge in [-0.05, 0) is 37.3 Å². The summed E-state index contributed by atoms with van der Waals surface area (Å²) in [5.41, 5.74) is 0.859. The van der Waals surface area contributed by atoms with Crippen LogP contribution in [0.15, 0.2) is 67.0 Å². The Hall–Kier alpha value is -3.61. The number of amides is 2. The zero-order valence-electron chi connectivity index (χ0n) is 15.0. The molecule has 0 bridgehead atoms. The number of hydrogen-bond donors (Lipinski definition) is 1. The minimum atomic E-state index is -0.894. The molecule has 1 aromatic heterocycles. The summed E-state index contributed by atoms with van der Waals surface area (Å²) in [7, 11) is 0. The van der Waals surface area contributed by atoms with E-state index in [1.165, 1.54) is 18.5 Å². The van der Waals surface area contributed by atoms with Crippen LogP contribution in [0.5, 0.6) is 0 Å². The molecule has 0 aliphatic carbocycles. The summed E-state index contributed by atoms with van der Waals surface area (Å²) in [5.74, 6) is -2.61. The number of aromatic nitrogens is 1. The lowest BCUT2D eigenvalue weighted by Crippen LogP contribution is -2.31. The van der Waals surface area contributed by atoms with Gasteiger partial charge in [-0.3, -0.25) is 14.6 Å². The van der Waals surface area contributed by atoms with Crippen molar-refractivity contribution in [1.82, 2.24) is 4.98 Å². The zero-order chi connectivity index (χ0) is 20.1. The van der Waals surface area contributed by atoms with Gasteiger partial charge in [-0.1, -0.05) is 18.2 Å². The van der Waals surface area contributed by atoms with Crippen molar-refractivity contribution in [1.29, 1.82) is 0 Å². The molecule has 0 fully saturated rings. The first-order valence-electron chi connectivity index (χ1n) is 8.58. The van der Waals surface area contributed by atoms with Gasteiger partial charge < -0.3 is 10.2 Å². The molecular weight excluding hydrogens is 364 g/mol. The highest BCUT2D eigenvalue weighted by atomic mass is 19.1. The summed E-state index contributed by atoms with van der Waals surface area (Å²) in [6, 6.07) is 13.3. The predicted octanol–water partition coefficient (Wildman–Crippen LogP) is 4.28. The van der Waals surface area contributed by atoms with Crippen LogP contribution in [0.1, 0.15) is 27.6 Å². The summed E-state index contributed by atoms with van der Waals surface area (Å²) in [6.07, 6.45) is 2.63. The molecule has 0 spiro atoms. The lowest BCUT2D eigenvalue weighted by molar-refractivity contribution is 0.0988. The SMILES string of the molecule is CCN(C(=O)c1cncc(C(=O)Nc2ccc(F)cc2F)c1)c1ccccc1. The monoisotopic (exact) mass is 381 g/mol. The smallest absolute Gasteiger partial charge is 0.259 e. The maximum Gasteiger partial charge on any atom is 0.259 e. The second-order valence-electron chi connectivity index (χ2n) is 5.93. The maximum absolute atomic E-state index is 13.7. The number of anilines is 2. The minimum Gasteiger partial charge on any atom is -0.319 e. The Morgan fingerprint density at radius 2 is 1.71 bits per heavy atom. The Kier molecular flexibility index (Phi) is 5.74. The number of pyridine rings is 1. The molecule has 1 N–H and O–H groups in total. The molecular formula is C21H17F2N3O2. The third kappa shape index (κ3) is 4.20. The molecule has 5 nitrogen and oxygen atoms in total. The molecule has 1 heterocycles. The number of nitrogens with zero attached hydrogens (tertiary/aromatic N) is 2. The first-order valence-corrected chi connectivity index (χ1v) is 8.58. The lowest BCUT2D eigenvalue weighted by Gasteiger charge is -2.21. The highest BCUT2D eigenvalue weighted by Gasteiger charge is 2.18. The average Bonchev–Trinajstić information content (AvgIpc) is 2.71. The summed E-state index contributed by atoms with van der Waals surface area (Å²) in [4.78, 5) is 30.8. The molecule has 3 aromatic rings. The molecule has 0 radical (unpaired) electrons. The number of para-hydroxylation sites is 1. The molecule has 0 unspecified atom stereocenters. The van der Waals surface area contributed by atoms with Crippen molar-refractivity contribution < 1.29 is 18.4 Å². The van der Waals surface area contributed by atoms with E-state index < -0.39 is 17.5 Å². The third-order valence-electron chi connectivity index (χ3n) is 4.06. The van der Waals surface area contributed by atoms with E-state index in [4.69, 9.17) is 0 Å². The zero-order valence-corrected chi connectivity index (χ0v) is 15.0. The van der Waals surface area contributed by atoms with Crippen molar-refractivity contribution in [2.75, 3.05) is 16.8 Å². The largest absolute Gasteiger partial charge is 0.319 e. The van der Waals surface area contributed by atoms with Gasteiger partial charge in [-0.25, -0.2) is 8.78 Å². The molecule has 3 rings (SSSR count). The van der Waals surface area contributed by atoms with Crippen LogP contribution >= 0.6 is 0 Å². The molecule has 0 saturated heterocycles. The van der Waals surface area contributed by atoms with Gasteiger partial charge in [0, 0.05) is 30.7 Å². The first kappa shape index (κ1) is 19.2. The highest BCUT2D eigenvalue weighted by molar-refractivity contribution is 6.09. The number of benzene rings is 2. The molecule has 0 atom stereocenters. The number of halogens is 2. The van der Waals surface area contributed by atoms with Crippen molar-refractivity contribution in [3.8, 4) is 0 Å². The van der Waals surface area contributed by atoms with E-state index in [1.807, 2.05) is 37.3 Å². The summed E-state index contributed by atoms with van der Waals surface area (Å²) in [6.45, 7) is 2.27. The van der Waals surface area contributed by atoms with E-state index in [-0.39, 0.29) is 22.7 Å². The lowest BCUT2D eigenvalue weighted by atomic mass is 10.1. The summed E-state index contributed by atoms with van der Waals surface area (Å²) < 4.78 is 26.7. The fraction of sp³-hybridized carbons (Fsp3) is 0.0952. The maximum atomic E-state index is 13.7. The number of nitrogens with one attached hydrogen (secondary N) is 1. The van der Waals surface area contributed by atoms with Crippen molar-refractivity contribution in [2.24, 2.45) is 0 Å². The Bertz CT molecular complexity index is 1010. The van der Waals surface area contributed by atoms with E-state index >= 15 is 0 Å². The number of carbonyl (C=O) groups excluding carboxylic acids is 2. The first-order chi connectivity index (χ1) is 13.5. The quantitative estimate of drug-likeness (QED) is 0.718. The molecule has 28 heavy (non-hydrogen) atoms. The fourth-order valence-electron chi connectivity index (χ4n) is 2.67. The van der Waals surface area contributed by atoms with Gasteiger partial charge >= 0.3 is 0 Å². The van der Waals surface area contributed by atoms with Crippen LogP contribution in [0.2, 0.25) is 0 Å². The van der Waals surface area contributed by atoms with Crippen LogP contribution < -0.4 is 10.2 Å². The van der Waals surface area contributed by atoms with Crippen LogP contribution in [0.3, 0.4) is 0 Å². The molecule has 2 aromatic carbocycles. The van der Waals surface area contributed by atoms with Crippen LogP contribution in [-0.4, -0.2) is 23.3 Å². The Labute approximate surface area is 160 Å². The number of carbonyl (C=O) groups is 2. The van der Waals surface area contributed by atoms with E-state index in [0.717, 1.165) is 17.8 Å². The molecule has 0 aliphatic rings. The van der Waals surface area contributed by atoms with Gasteiger partial charge in [-0.2, -0.15) is 0 Å². The van der Waals surface area contributed by atoms with Gasteiger partial charge in [-0.15, -0.1) is 0 Å². The molecule has 0 aliphatic heterocycles. The van der Waals surface area contributed by atoms with Gasteiger partial charge in [0.05, 0.1) is 16.8 Å². The Morgan fingerprint density at radius 3 is 2.39 bits per heavy atom. The second-order valence-corrected chi connectivity index (χ2v) is 5.93. The number of rotatable bonds is 5. The van der Waals surface area contributed by atoms with Crippen molar-refractivity contribution in [3.63, 3.8) is 0 Å². The van der Waals surface area contributed by atoms with Gasteiger partial charge in [0.2, 0.25) is 0 Å². The van der Waals surface area contributed by atoms with Crippen LogP contribution in [0.4, 0.5) is 20.2 Å². The van der Waals surface area contributed by atoms with Crippen LogP contribution in [0, 0.1) is 11.6 Å². The Morgan fingerprint density at radius 1 is 1.00 bits per heavy atom. The van der Waals surface area contributed by atoms with Gasteiger partial charge in [0.15, 0.2) is 0 Å². The fourth-order valence-corrected chi connectivity index (χ4v) is 2.67. The van der Waals surface area contributed by atoms with Crippen molar-refractivity contribution in [2.45, 2.75) is 6.92 Å². The second kappa shape index (κ2) is 8.39. The minimum absolute atomic E-state index is 0.0821. The van der Waals surface area contributed by atoms with E-state index in [9.17, 15) is 18.4 Å². The van der Waals surface area contributed by atoms with Crippen molar-refractivity contribution >= 4 is 23.2 Å². The van der Waals surface area contributed by atoms with Gasteiger partial charge in [0.25, 0.3) is 11.8 Å². The topological polar surface area (TPSA) is 62.3 Å². The molecule has 7 heteroatoms. The molecule has 2 amide bonds. The summed E-state index contributed by atoms with van der Waals surface area (Å²) >= 11 is 0. The predicted molar refractivity (Wildman–Crippen MR) is 102 cm³/mol. The van der Waals surface area contributed by atoms with Gasteiger partial charge in [0.1, 0.15) is 11.6 Å². The normalized spacial score (nSPS) is 10.4. The molecule has 142 valence electrons. The van der Waals surface area contributed by atoms with E-state index in [0.29, 0.717) is 12.6 Å².